The van der Waals surface area contributed by atoms with Gasteiger partial charge in [0.05, 0.1) is 25.3 Å². The fraction of sp³-hybridized carbons (Fsp3) is 0.571. The van der Waals surface area contributed by atoms with Gasteiger partial charge in [-0.25, -0.2) is 4.39 Å². The van der Waals surface area contributed by atoms with Crippen molar-refractivity contribution in [1.29, 1.82) is 0 Å². The molecule has 0 amide bonds. The second-order valence-corrected chi connectivity index (χ2v) is 5.04. The number of methoxy groups -OCH3 is 2. The van der Waals surface area contributed by atoms with Gasteiger partial charge in [-0.2, -0.15) is 0 Å². The summed E-state index contributed by atoms with van der Waals surface area (Å²) in [7, 11) is 3.08. The van der Waals surface area contributed by atoms with E-state index in [-0.39, 0.29) is 6.04 Å². The molecule has 0 unspecified atom stereocenters. The first-order valence-electron chi connectivity index (χ1n) is 6.64. The molecule has 0 radical (unpaired) electrons. The molecule has 0 aromatic heterocycles. The third-order valence-electron chi connectivity index (χ3n) is 3.61. The minimum Gasteiger partial charge on any atom is -0.493 e. The Hall–Kier alpha value is -1.04. The summed E-state index contributed by atoms with van der Waals surface area (Å²) in [6.45, 7) is 2.86. The fourth-order valence-corrected chi connectivity index (χ4v) is 2.89. The van der Waals surface area contributed by atoms with E-state index >= 15 is 0 Å². The molecule has 1 aromatic rings. The average molecular weight is 303 g/mol. The van der Waals surface area contributed by atoms with E-state index in [9.17, 15) is 4.39 Å². The lowest BCUT2D eigenvalue weighted by atomic mass is 10.0. The number of ether oxygens (including phenoxy) is 2. The van der Waals surface area contributed by atoms with Gasteiger partial charge in [-0.05, 0) is 11.6 Å². The van der Waals surface area contributed by atoms with Crippen molar-refractivity contribution in [3.05, 3.63) is 22.7 Å². The van der Waals surface area contributed by atoms with Crippen LogP contribution in [-0.2, 0) is 0 Å². The monoisotopic (exact) mass is 302 g/mol. The molecule has 112 valence electrons. The van der Waals surface area contributed by atoms with Gasteiger partial charge in [0.25, 0.3) is 0 Å². The molecule has 6 heteroatoms. The second-order valence-electron chi connectivity index (χ2n) is 4.66. The Kier molecular flexibility index (Phi) is 5.46. The molecule has 0 bridgehead atoms. The summed E-state index contributed by atoms with van der Waals surface area (Å²) in [6, 6.07) is 3.24. The standard InChI is InChI=1S/C14H20ClFN2O2/c1-19-12-4-3-10(13(15)14(12)20-2)11(9-16)18-7-5-17-6-8-18/h3-4,11,17H,5-9H2,1-2H3/t11-/m0/s1. The molecule has 1 N–H and O–H groups in total. The Labute approximate surface area is 123 Å². The van der Waals surface area contributed by atoms with Gasteiger partial charge in [0.2, 0.25) is 0 Å². The number of nitrogens with one attached hydrogen (secondary N) is 1. The maximum atomic E-state index is 13.5. The molecule has 1 fully saturated rings. The summed E-state index contributed by atoms with van der Waals surface area (Å²) >= 11 is 6.37. The molecule has 1 heterocycles. The molecule has 0 aliphatic carbocycles. The van der Waals surface area contributed by atoms with E-state index in [1.165, 1.54) is 7.11 Å². The molecule has 1 aliphatic heterocycles. The highest BCUT2D eigenvalue weighted by molar-refractivity contribution is 6.33. The zero-order valence-corrected chi connectivity index (χ0v) is 12.5. The van der Waals surface area contributed by atoms with Crippen molar-refractivity contribution < 1.29 is 13.9 Å². The first kappa shape index (κ1) is 15.4. The summed E-state index contributed by atoms with van der Waals surface area (Å²) in [6.07, 6.45) is 0. The molecule has 2 rings (SSSR count). The Bertz CT molecular complexity index is 453. The number of halogens is 2. The number of hydrogen-bond donors (Lipinski definition) is 1. The third-order valence-corrected chi connectivity index (χ3v) is 4.00. The predicted octanol–water partition coefficient (Wildman–Crippen LogP) is 2.27. The van der Waals surface area contributed by atoms with Gasteiger partial charge in [-0.1, -0.05) is 17.7 Å². The van der Waals surface area contributed by atoms with E-state index in [2.05, 4.69) is 10.2 Å². The molecule has 1 aliphatic rings. The van der Waals surface area contributed by atoms with Crippen LogP contribution in [0.25, 0.3) is 0 Å². The van der Waals surface area contributed by atoms with Crippen LogP contribution in [0.3, 0.4) is 0 Å². The van der Waals surface area contributed by atoms with Crippen molar-refractivity contribution in [1.82, 2.24) is 10.2 Å². The number of hydrogen-bond acceptors (Lipinski definition) is 4. The van der Waals surface area contributed by atoms with Crippen molar-refractivity contribution in [2.75, 3.05) is 47.1 Å². The summed E-state index contributed by atoms with van der Waals surface area (Å²) in [4.78, 5) is 2.10. The van der Waals surface area contributed by atoms with Crippen molar-refractivity contribution in [3.8, 4) is 11.5 Å². The molecular formula is C14H20ClFN2O2. The van der Waals surface area contributed by atoms with Crippen LogP contribution >= 0.6 is 11.6 Å². The molecular weight excluding hydrogens is 283 g/mol. The first-order chi connectivity index (χ1) is 9.72. The van der Waals surface area contributed by atoms with Crippen LogP contribution in [0.15, 0.2) is 12.1 Å². The molecule has 1 aromatic carbocycles. The number of piperazine rings is 1. The van der Waals surface area contributed by atoms with Crippen LogP contribution in [-0.4, -0.2) is 52.0 Å². The van der Waals surface area contributed by atoms with Crippen LogP contribution in [0.5, 0.6) is 11.5 Å². The van der Waals surface area contributed by atoms with Gasteiger partial charge in [0.1, 0.15) is 6.67 Å². The van der Waals surface area contributed by atoms with Crippen LogP contribution in [0.4, 0.5) is 4.39 Å². The van der Waals surface area contributed by atoms with Crippen LogP contribution in [0, 0.1) is 0 Å². The molecule has 1 saturated heterocycles. The Balaban J connectivity index is 2.34. The lowest BCUT2D eigenvalue weighted by molar-refractivity contribution is 0.147. The largest absolute Gasteiger partial charge is 0.493 e. The van der Waals surface area contributed by atoms with Gasteiger partial charge in [0, 0.05) is 26.2 Å². The van der Waals surface area contributed by atoms with Crippen molar-refractivity contribution >= 4 is 11.6 Å². The van der Waals surface area contributed by atoms with Crippen LogP contribution in [0.2, 0.25) is 5.02 Å². The van der Waals surface area contributed by atoms with Crippen LogP contribution < -0.4 is 14.8 Å². The highest BCUT2D eigenvalue weighted by atomic mass is 35.5. The molecule has 20 heavy (non-hydrogen) atoms. The molecule has 1 atom stereocenters. The summed E-state index contributed by atoms with van der Waals surface area (Å²) in [5.41, 5.74) is 0.744. The number of rotatable bonds is 5. The van der Waals surface area contributed by atoms with E-state index < -0.39 is 6.67 Å². The third kappa shape index (κ3) is 3.00. The minimum absolute atomic E-state index is 0.343. The Morgan fingerprint density at radius 3 is 2.55 bits per heavy atom. The van der Waals surface area contributed by atoms with Gasteiger partial charge in [0.15, 0.2) is 11.5 Å². The van der Waals surface area contributed by atoms with Gasteiger partial charge in [-0.3, -0.25) is 4.90 Å². The van der Waals surface area contributed by atoms with Crippen molar-refractivity contribution in [2.24, 2.45) is 0 Å². The van der Waals surface area contributed by atoms with Gasteiger partial charge < -0.3 is 14.8 Å². The fourth-order valence-electron chi connectivity index (χ4n) is 2.53. The minimum atomic E-state index is -0.477. The topological polar surface area (TPSA) is 33.7 Å². The molecule has 0 spiro atoms. The number of alkyl halides is 1. The van der Waals surface area contributed by atoms with E-state index in [1.54, 1.807) is 13.2 Å². The lowest BCUT2D eigenvalue weighted by Gasteiger charge is -2.34. The highest BCUT2D eigenvalue weighted by Gasteiger charge is 2.26. The van der Waals surface area contributed by atoms with Crippen LogP contribution in [0.1, 0.15) is 11.6 Å². The Morgan fingerprint density at radius 2 is 2.00 bits per heavy atom. The summed E-state index contributed by atoms with van der Waals surface area (Å²) in [5.74, 6) is 1.01. The Morgan fingerprint density at radius 1 is 1.30 bits per heavy atom. The first-order valence-corrected chi connectivity index (χ1v) is 7.01. The second kappa shape index (κ2) is 7.11. The van der Waals surface area contributed by atoms with Crippen molar-refractivity contribution in [2.45, 2.75) is 6.04 Å². The maximum Gasteiger partial charge on any atom is 0.179 e. The molecule has 0 saturated carbocycles. The normalized spacial score (nSPS) is 17.8. The van der Waals surface area contributed by atoms with Gasteiger partial charge >= 0.3 is 0 Å². The quantitative estimate of drug-likeness (QED) is 0.905. The average Bonchev–Trinajstić information content (AvgIpc) is 2.50. The zero-order chi connectivity index (χ0) is 14.5. The van der Waals surface area contributed by atoms with E-state index in [0.717, 1.165) is 31.7 Å². The van der Waals surface area contributed by atoms with E-state index in [0.29, 0.717) is 16.5 Å². The lowest BCUT2D eigenvalue weighted by Crippen LogP contribution is -2.45. The summed E-state index contributed by atoms with van der Waals surface area (Å²) < 4.78 is 24.0. The summed E-state index contributed by atoms with van der Waals surface area (Å²) in [5, 5.41) is 3.68. The maximum absolute atomic E-state index is 13.5. The zero-order valence-electron chi connectivity index (χ0n) is 11.8. The number of nitrogens with zero attached hydrogens (tertiary/aromatic N) is 1. The number of benzene rings is 1. The van der Waals surface area contributed by atoms with E-state index in [1.807, 2.05) is 6.07 Å². The smallest absolute Gasteiger partial charge is 0.179 e. The predicted molar refractivity (Wildman–Crippen MR) is 77.7 cm³/mol. The van der Waals surface area contributed by atoms with E-state index in [4.69, 9.17) is 21.1 Å². The highest BCUT2D eigenvalue weighted by Crippen LogP contribution is 2.41. The SMILES string of the molecule is COc1ccc([C@H](CF)N2CCNCC2)c(Cl)c1OC. The van der Waals surface area contributed by atoms with Crippen molar-refractivity contribution in [3.63, 3.8) is 0 Å². The molecule has 4 nitrogen and oxygen atoms in total. The van der Waals surface area contributed by atoms with Gasteiger partial charge in [-0.15, -0.1) is 0 Å².